The second-order valence-electron chi connectivity index (χ2n) is 14.1. The van der Waals surface area contributed by atoms with E-state index in [1.165, 1.54) is 98.0 Å². The van der Waals surface area contributed by atoms with Crippen molar-refractivity contribution in [3.63, 3.8) is 0 Å². The number of H-pyrrole nitrogens is 2. The van der Waals surface area contributed by atoms with E-state index in [0.29, 0.717) is 0 Å². The van der Waals surface area contributed by atoms with Crippen molar-refractivity contribution in [2.75, 3.05) is 0 Å². The molecular weight excluding hydrogens is 695 g/mol. The van der Waals surface area contributed by atoms with E-state index in [4.69, 9.17) is 0 Å². The van der Waals surface area contributed by atoms with Crippen LogP contribution in [-0.2, 0) is 0 Å². The van der Waals surface area contributed by atoms with Crippen LogP contribution in [0.3, 0.4) is 0 Å². The maximum Gasteiger partial charge on any atom is 0.0541 e. The van der Waals surface area contributed by atoms with Crippen molar-refractivity contribution in [1.29, 1.82) is 0 Å². The molecule has 6 heteroatoms. The van der Waals surface area contributed by atoms with Crippen molar-refractivity contribution in [3.8, 4) is 33.1 Å². The Labute approximate surface area is 312 Å². The molecule has 2 aliphatic rings. The van der Waals surface area contributed by atoms with Crippen LogP contribution < -0.4 is 0 Å². The fourth-order valence-corrected chi connectivity index (χ4v) is 13.0. The number of nitrogens with zero attached hydrogens (tertiary/aromatic N) is 2. The van der Waals surface area contributed by atoms with Gasteiger partial charge in [0.05, 0.1) is 33.1 Å². The van der Waals surface area contributed by atoms with Crippen LogP contribution in [0.1, 0.15) is 0 Å². The first-order chi connectivity index (χ1) is 26.8. The number of aromatic amines is 2. The van der Waals surface area contributed by atoms with Crippen molar-refractivity contribution in [1.82, 2.24) is 18.6 Å². The summed E-state index contributed by atoms with van der Waals surface area (Å²) in [7, 11) is -1.64. The molecule has 2 N–H and O–H groups in total. The predicted molar refractivity (Wildman–Crippen MR) is 232 cm³/mol. The van der Waals surface area contributed by atoms with E-state index in [9.17, 15) is 0 Å². The fourth-order valence-electron chi connectivity index (χ4n) is 8.84. The lowest BCUT2D eigenvalue weighted by atomic mass is 10.0. The van der Waals surface area contributed by atoms with Crippen LogP contribution in [0.15, 0.2) is 182 Å². The van der Waals surface area contributed by atoms with Crippen LogP contribution in [0, 0.1) is 0 Å². The topological polar surface area (TPSA) is 41.4 Å². The number of hydrogen-bond acceptors (Lipinski definition) is 0. The quantitative estimate of drug-likeness (QED) is 0.170. The van der Waals surface area contributed by atoms with Crippen molar-refractivity contribution in [3.05, 3.63) is 182 Å². The van der Waals surface area contributed by atoms with E-state index in [2.05, 4.69) is 201 Å². The summed E-state index contributed by atoms with van der Waals surface area (Å²) in [6, 6.07) is 67.0. The highest BCUT2D eigenvalue weighted by Gasteiger charge is 2.22. The highest BCUT2D eigenvalue weighted by atomic mass is 31.1. The van der Waals surface area contributed by atoms with Gasteiger partial charge in [-0.05, 0) is 112 Å². The molecule has 0 spiro atoms. The molecule has 2 aromatic heterocycles. The molecule has 2 aliphatic heterocycles. The first kappa shape index (κ1) is 30.1. The van der Waals surface area contributed by atoms with Crippen molar-refractivity contribution in [2.45, 2.75) is 0 Å². The van der Waals surface area contributed by atoms with Gasteiger partial charge in [0, 0.05) is 64.9 Å². The maximum absolute atomic E-state index is 4.06. The first-order valence-corrected chi connectivity index (χ1v) is 21.1. The fraction of sp³-hybridized carbons (Fsp3) is 0. The van der Waals surface area contributed by atoms with Gasteiger partial charge in [-0.15, -0.1) is 0 Å². The lowest BCUT2D eigenvalue weighted by molar-refractivity contribution is 1.18. The van der Waals surface area contributed by atoms with Crippen LogP contribution in [0.2, 0.25) is 0 Å². The van der Waals surface area contributed by atoms with E-state index in [-0.39, 0.29) is 0 Å². The Morgan fingerprint density at radius 2 is 0.648 bits per heavy atom. The molecule has 0 amide bonds. The molecule has 0 aliphatic carbocycles. The third-order valence-corrected chi connectivity index (χ3v) is 15.4. The molecular formula is C48H32N4P2. The second-order valence-corrected chi connectivity index (χ2v) is 17.9. The average Bonchev–Trinajstić information content (AvgIpc) is 3.76. The SMILES string of the molecule is c1ccc2c(c1)c1ccccc1n2-c1ccc(-p2[nH]c3cccc4c3-c3c(cccc32)[nH]p4-c2ccc(-n3c4ccccc4c4ccccc43)cc2)cc1. The number of rotatable bonds is 4. The van der Waals surface area contributed by atoms with Crippen LogP contribution in [0.4, 0.5) is 0 Å². The highest BCUT2D eigenvalue weighted by molar-refractivity contribution is 7.60. The van der Waals surface area contributed by atoms with Gasteiger partial charge in [0.25, 0.3) is 0 Å². The third-order valence-electron chi connectivity index (χ3n) is 11.2. The molecule has 10 aromatic rings. The first-order valence-electron chi connectivity index (χ1n) is 18.4. The molecule has 0 bridgehead atoms. The van der Waals surface area contributed by atoms with E-state index >= 15 is 0 Å². The Bertz CT molecular complexity index is 3040. The van der Waals surface area contributed by atoms with Crippen LogP contribution in [-0.4, -0.2) is 18.6 Å². The molecule has 12 rings (SSSR count). The molecule has 2 atom stereocenters. The monoisotopic (exact) mass is 726 g/mol. The zero-order chi connectivity index (χ0) is 35.3. The van der Waals surface area contributed by atoms with Gasteiger partial charge in [0.1, 0.15) is 0 Å². The molecule has 254 valence electrons. The minimum atomic E-state index is -0.821. The summed E-state index contributed by atoms with van der Waals surface area (Å²) in [4.78, 5) is 0. The molecule has 0 fully saturated rings. The van der Waals surface area contributed by atoms with Crippen molar-refractivity contribution < 1.29 is 0 Å². The summed E-state index contributed by atoms with van der Waals surface area (Å²) in [5.41, 5.74) is 12.4. The lowest BCUT2D eigenvalue weighted by Crippen LogP contribution is -1.95. The van der Waals surface area contributed by atoms with Gasteiger partial charge in [-0.1, -0.05) is 84.9 Å². The van der Waals surface area contributed by atoms with Gasteiger partial charge in [0.2, 0.25) is 0 Å². The molecule has 4 heterocycles. The number of aromatic nitrogens is 4. The Morgan fingerprint density at radius 1 is 0.315 bits per heavy atom. The Balaban J connectivity index is 0.987. The second kappa shape index (κ2) is 11.5. The van der Waals surface area contributed by atoms with Gasteiger partial charge in [-0.2, -0.15) is 0 Å². The summed E-state index contributed by atoms with van der Waals surface area (Å²) in [5.74, 6) is 0. The summed E-state index contributed by atoms with van der Waals surface area (Å²) >= 11 is 0. The van der Waals surface area contributed by atoms with E-state index in [1.807, 2.05) is 0 Å². The number of para-hydroxylation sites is 4. The molecule has 0 saturated carbocycles. The molecule has 54 heavy (non-hydrogen) atoms. The average molecular weight is 727 g/mol. The highest BCUT2D eigenvalue weighted by Crippen LogP contribution is 2.56. The minimum Gasteiger partial charge on any atom is -0.341 e. The van der Waals surface area contributed by atoms with Gasteiger partial charge >= 0.3 is 0 Å². The summed E-state index contributed by atoms with van der Waals surface area (Å²) < 4.78 is 12.9. The molecule has 2 unspecified atom stereocenters. The minimum absolute atomic E-state index is 0.821. The summed E-state index contributed by atoms with van der Waals surface area (Å²) in [6.07, 6.45) is 0. The molecule has 0 radical (unpaired) electrons. The maximum atomic E-state index is 4.06. The normalized spacial score (nSPS) is 12.7. The van der Waals surface area contributed by atoms with E-state index in [0.717, 1.165) is 0 Å². The number of benzene rings is 8. The van der Waals surface area contributed by atoms with Gasteiger partial charge in [0.15, 0.2) is 0 Å². The zero-order valence-electron chi connectivity index (χ0n) is 29.1. The standard InChI is InChI=1S/C48H32N4P2/c1-5-17-41-35(11-1)36-12-2-6-18-42(36)51(41)31-23-27-33(28-24-31)53-45-21-9-16-40-47(45)48-39(49-53)15-10-22-46(48)54(50-40)34-29-25-32(26-30-34)52-43-19-7-3-13-37(43)38-14-4-8-20-44(38)52/h1-30,49-50H. The lowest BCUT2D eigenvalue weighted by Gasteiger charge is -2.23. The molecule has 0 saturated heterocycles. The largest absolute Gasteiger partial charge is 0.341 e. The van der Waals surface area contributed by atoms with Gasteiger partial charge < -0.3 is 18.6 Å². The summed E-state index contributed by atoms with van der Waals surface area (Å²) in [5, 5.41) is 10.5. The predicted octanol–water partition coefficient (Wildman–Crippen LogP) is 14.5. The molecule has 4 nitrogen and oxygen atoms in total. The van der Waals surface area contributed by atoms with Crippen molar-refractivity contribution in [2.24, 2.45) is 0 Å². The smallest absolute Gasteiger partial charge is 0.0541 e. The van der Waals surface area contributed by atoms with Crippen LogP contribution in [0.5, 0.6) is 0 Å². The van der Waals surface area contributed by atoms with Crippen LogP contribution >= 0.6 is 15.4 Å². The number of fused-ring (bicyclic) bond motifs is 6. The van der Waals surface area contributed by atoms with E-state index in [1.54, 1.807) is 0 Å². The Morgan fingerprint density at radius 3 is 1.00 bits per heavy atom. The zero-order valence-corrected chi connectivity index (χ0v) is 30.9. The Kier molecular flexibility index (Phi) is 6.42. The molecule has 8 aromatic carbocycles. The Hall–Kier alpha value is -6.44. The van der Waals surface area contributed by atoms with Gasteiger partial charge in [-0.25, -0.2) is 0 Å². The number of nitrogens with one attached hydrogen (secondary N) is 2. The summed E-state index contributed by atoms with van der Waals surface area (Å²) in [6.45, 7) is 0. The van der Waals surface area contributed by atoms with Gasteiger partial charge in [-0.3, -0.25) is 0 Å². The van der Waals surface area contributed by atoms with Crippen molar-refractivity contribution >= 4 is 80.3 Å². The van der Waals surface area contributed by atoms with E-state index < -0.39 is 15.4 Å². The van der Waals surface area contributed by atoms with Crippen LogP contribution in [0.25, 0.3) is 98.0 Å². The number of hydrogen-bond donors (Lipinski definition) is 2. The third kappa shape index (κ3) is 4.27.